The lowest BCUT2D eigenvalue weighted by atomic mass is 10.1. The van der Waals surface area contributed by atoms with Crippen molar-refractivity contribution >= 4 is 54.5 Å². The van der Waals surface area contributed by atoms with Crippen molar-refractivity contribution in [1.29, 1.82) is 0 Å². The molecule has 0 fully saturated rings. The topological polar surface area (TPSA) is 72.2 Å². The van der Waals surface area contributed by atoms with Crippen LogP contribution in [0.2, 0.25) is 0 Å². The summed E-state index contributed by atoms with van der Waals surface area (Å²) < 4.78 is 27.6. The van der Waals surface area contributed by atoms with Gasteiger partial charge in [0.2, 0.25) is 10.0 Å². The number of nitrogens with two attached hydrogens (primary N) is 1. The van der Waals surface area contributed by atoms with E-state index in [4.69, 9.17) is 18.0 Å². The maximum Gasteiger partial charge on any atom is 0.216 e. The maximum atomic E-state index is 12.0. The fourth-order valence-electron chi connectivity index (χ4n) is 1.66. The van der Waals surface area contributed by atoms with Gasteiger partial charge < -0.3 is 5.73 Å². The molecule has 0 saturated carbocycles. The van der Waals surface area contributed by atoms with Gasteiger partial charge in [-0.15, -0.1) is 11.3 Å². The Morgan fingerprint density at radius 3 is 2.43 bits per heavy atom. The number of benzene rings is 1. The fraction of sp³-hybridized carbons (Fsp3) is 0.154. The van der Waals surface area contributed by atoms with Gasteiger partial charge in [0.15, 0.2) is 0 Å². The SMILES string of the molecule is NC(=S)c1ccc(CS(=O)(=O)NCc2ccc(Br)s2)cc1. The molecular formula is C13H13BrN2O2S3. The molecule has 0 unspecified atom stereocenters. The standard InChI is InChI=1S/C13H13BrN2O2S3/c14-12-6-5-11(20-12)7-16-21(17,18)8-9-1-3-10(4-2-9)13(15)19/h1-6,16H,7-8H2,(H2,15,19). The number of thiophene rings is 1. The van der Waals surface area contributed by atoms with Gasteiger partial charge in [0.05, 0.1) is 9.54 Å². The molecule has 0 spiro atoms. The van der Waals surface area contributed by atoms with Gasteiger partial charge in [0.25, 0.3) is 0 Å². The van der Waals surface area contributed by atoms with E-state index in [-0.39, 0.29) is 5.75 Å². The van der Waals surface area contributed by atoms with Crippen molar-refractivity contribution in [1.82, 2.24) is 4.72 Å². The zero-order valence-electron chi connectivity index (χ0n) is 10.9. The van der Waals surface area contributed by atoms with Crippen molar-refractivity contribution in [2.45, 2.75) is 12.3 Å². The van der Waals surface area contributed by atoms with E-state index in [1.165, 1.54) is 11.3 Å². The van der Waals surface area contributed by atoms with Crippen molar-refractivity contribution in [3.63, 3.8) is 0 Å². The Labute approximate surface area is 141 Å². The molecule has 21 heavy (non-hydrogen) atoms. The highest BCUT2D eigenvalue weighted by Crippen LogP contribution is 2.22. The molecule has 1 aromatic heterocycles. The molecule has 0 bridgehead atoms. The molecule has 0 radical (unpaired) electrons. The van der Waals surface area contributed by atoms with Crippen LogP contribution in [0.1, 0.15) is 16.0 Å². The third-order valence-corrected chi connectivity index (χ3v) is 5.85. The van der Waals surface area contributed by atoms with Crippen LogP contribution in [0, 0.1) is 0 Å². The van der Waals surface area contributed by atoms with Crippen LogP contribution in [0.15, 0.2) is 40.2 Å². The van der Waals surface area contributed by atoms with E-state index in [1.807, 2.05) is 12.1 Å². The van der Waals surface area contributed by atoms with Crippen LogP contribution in [0.25, 0.3) is 0 Å². The van der Waals surface area contributed by atoms with Crippen molar-refractivity contribution < 1.29 is 8.42 Å². The fourth-order valence-corrected chi connectivity index (χ4v) is 4.42. The minimum atomic E-state index is -3.38. The lowest BCUT2D eigenvalue weighted by Crippen LogP contribution is -2.24. The molecule has 0 aliphatic rings. The molecule has 2 rings (SSSR count). The van der Waals surface area contributed by atoms with Crippen LogP contribution >= 0.6 is 39.5 Å². The van der Waals surface area contributed by atoms with Gasteiger partial charge in [0.1, 0.15) is 4.99 Å². The van der Waals surface area contributed by atoms with Crippen molar-refractivity contribution in [2.75, 3.05) is 0 Å². The minimum absolute atomic E-state index is 0.0723. The molecule has 112 valence electrons. The largest absolute Gasteiger partial charge is 0.389 e. The third kappa shape index (κ3) is 5.15. The number of nitrogens with one attached hydrogen (secondary N) is 1. The first kappa shape index (κ1) is 16.6. The normalized spacial score (nSPS) is 11.5. The second-order valence-corrected chi connectivity index (χ2v) is 9.14. The summed E-state index contributed by atoms with van der Waals surface area (Å²) in [5, 5.41) is 0. The molecule has 1 heterocycles. The Balaban J connectivity index is 1.98. The van der Waals surface area contributed by atoms with Crippen LogP contribution in [0.5, 0.6) is 0 Å². The summed E-state index contributed by atoms with van der Waals surface area (Å²) >= 11 is 9.70. The van der Waals surface area contributed by atoms with E-state index in [2.05, 4.69) is 20.7 Å². The van der Waals surface area contributed by atoms with E-state index in [0.29, 0.717) is 17.1 Å². The lowest BCUT2D eigenvalue weighted by Gasteiger charge is -2.06. The summed E-state index contributed by atoms with van der Waals surface area (Å²) in [6, 6.07) is 10.7. The molecule has 8 heteroatoms. The summed E-state index contributed by atoms with van der Waals surface area (Å²) in [7, 11) is -3.38. The molecule has 2 aromatic rings. The summed E-state index contributed by atoms with van der Waals surface area (Å²) in [6.45, 7) is 0.295. The highest BCUT2D eigenvalue weighted by molar-refractivity contribution is 9.11. The smallest absolute Gasteiger partial charge is 0.216 e. The Hall–Kier alpha value is -0.800. The van der Waals surface area contributed by atoms with Gasteiger partial charge >= 0.3 is 0 Å². The summed E-state index contributed by atoms with van der Waals surface area (Å²) in [5.41, 5.74) is 6.92. The van der Waals surface area contributed by atoms with Crippen LogP contribution in [0.4, 0.5) is 0 Å². The molecule has 0 amide bonds. The molecule has 0 aliphatic heterocycles. The molecule has 4 nitrogen and oxygen atoms in total. The number of hydrogen-bond acceptors (Lipinski definition) is 4. The van der Waals surface area contributed by atoms with E-state index in [1.54, 1.807) is 24.3 Å². The Bertz CT molecular complexity index is 739. The molecular weight excluding hydrogens is 392 g/mol. The first-order valence-corrected chi connectivity index (χ1v) is 9.63. The Kier molecular flexibility index (Phi) is 5.50. The summed E-state index contributed by atoms with van der Waals surface area (Å²) in [4.78, 5) is 1.25. The van der Waals surface area contributed by atoms with E-state index < -0.39 is 10.0 Å². The van der Waals surface area contributed by atoms with Crippen LogP contribution in [-0.4, -0.2) is 13.4 Å². The third-order valence-electron chi connectivity index (χ3n) is 2.69. The Morgan fingerprint density at radius 2 is 1.90 bits per heavy atom. The predicted octanol–water partition coefficient (Wildman–Crippen LogP) is 2.76. The zero-order valence-corrected chi connectivity index (χ0v) is 14.9. The van der Waals surface area contributed by atoms with Gasteiger partial charge in [-0.3, -0.25) is 0 Å². The number of rotatable bonds is 6. The zero-order chi connectivity index (χ0) is 15.5. The van der Waals surface area contributed by atoms with E-state index in [0.717, 1.165) is 14.2 Å². The predicted molar refractivity (Wildman–Crippen MR) is 93.8 cm³/mol. The first-order valence-electron chi connectivity index (χ1n) is 5.96. The van der Waals surface area contributed by atoms with Gasteiger partial charge in [-0.1, -0.05) is 36.5 Å². The molecule has 0 aliphatic carbocycles. The first-order chi connectivity index (χ1) is 9.85. The quantitative estimate of drug-likeness (QED) is 0.725. The van der Waals surface area contributed by atoms with Gasteiger partial charge in [0, 0.05) is 17.0 Å². The molecule has 0 atom stereocenters. The lowest BCUT2D eigenvalue weighted by molar-refractivity contribution is 0.581. The number of hydrogen-bond donors (Lipinski definition) is 2. The highest BCUT2D eigenvalue weighted by atomic mass is 79.9. The maximum absolute atomic E-state index is 12.0. The number of thiocarbonyl (C=S) groups is 1. The van der Waals surface area contributed by atoms with Crippen LogP contribution in [-0.2, 0) is 22.3 Å². The second kappa shape index (κ2) is 6.97. The van der Waals surface area contributed by atoms with Crippen molar-refractivity contribution in [2.24, 2.45) is 5.73 Å². The van der Waals surface area contributed by atoms with Crippen LogP contribution in [0.3, 0.4) is 0 Å². The number of sulfonamides is 1. The van der Waals surface area contributed by atoms with Crippen molar-refractivity contribution in [3.8, 4) is 0 Å². The molecule has 1 aromatic carbocycles. The van der Waals surface area contributed by atoms with Gasteiger partial charge in [-0.05, 0) is 33.6 Å². The van der Waals surface area contributed by atoms with Gasteiger partial charge in [-0.25, -0.2) is 13.1 Å². The second-order valence-electron chi connectivity index (χ2n) is 4.35. The van der Waals surface area contributed by atoms with E-state index >= 15 is 0 Å². The molecule has 0 saturated heterocycles. The average molecular weight is 405 g/mol. The summed E-state index contributed by atoms with van der Waals surface area (Å²) in [6.07, 6.45) is 0. The highest BCUT2D eigenvalue weighted by Gasteiger charge is 2.12. The number of halogens is 1. The Morgan fingerprint density at radius 1 is 1.24 bits per heavy atom. The van der Waals surface area contributed by atoms with Crippen LogP contribution < -0.4 is 10.5 Å². The molecule has 3 N–H and O–H groups in total. The minimum Gasteiger partial charge on any atom is -0.389 e. The van der Waals surface area contributed by atoms with E-state index in [9.17, 15) is 8.42 Å². The monoisotopic (exact) mass is 404 g/mol. The van der Waals surface area contributed by atoms with Gasteiger partial charge in [-0.2, -0.15) is 0 Å². The average Bonchev–Trinajstić information content (AvgIpc) is 2.83. The van der Waals surface area contributed by atoms with Crippen molar-refractivity contribution in [3.05, 3.63) is 56.2 Å². The summed E-state index contributed by atoms with van der Waals surface area (Å²) in [5.74, 6) is -0.0723.